The predicted molar refractivity (Wildman–Crippen MR) is 43.4 cm³/mol. The fraction of sp³-hybridized carbons (Fsp3) is 1.00. The largest absolute Gasteiger partial charge is 0.308 e. The van der Waals surface area contributed by atoms with Crippen molar-refractivity contribution in [1.82, 2.24) is 5.32 Å². The number of halogens is 3. The highest BCUT2D eigenvalue weighted by molar-refractivity contribution is 5.85. The van der Waals surface area contributed by atoms with E-state index in [1.807, 2.05) is 13.8 Å². The number of hydrogen-bond acceptors (Lipinski definition) is 1. The minimum absolute atomic E-state index is 0. The number of hydrogen-bond donors (Lipinski definition) is 1. The lowest BCUT2D eigenvalue weighted by molar-refractivity contribution is -0.0240. The summed E-state index contributed by atoms with van der Waals surface area (Å²) in [4.78, 5) is 0. The highest BCUT2D eigenvalue weighted by Gasteiger charge is 2.44. The zero-order valence-electron chi connectivity index (χ0n) is 6.73. The highest BCUT2D eigenvalue weighted by Crippen LogP contribution is 2.31. The van der Waals surface area contributed by atoms with Gasteiger partial charge in [0, 0.05) is 13.0 Å². The summed E-state index contributed by atoms with van der Waals surface area (Å²) in [6.07, 6.45) is -0.00412. The Morgan fingerprint density at radius 1 is 1.45 bits per heavy atom. The van der Waals surface area contributed by atoms with Crippen LogP contribution in [0, 0.1) is 5.92 Å². The Morgan fingerprint density at radius 3 is 2.18 bits per heavy atom. The second-order valence-corrected chi connectivity index (χ2v) is 3.19. The van der Waals surface area contributed by atoms with E-state index in [1.54, 1.807) is 0 Å². The first-order valence-corrected chi connectivity index (χ1v) is 3.65. The normalized spacial score (nSPS) is 28.6. The molecule has 0 saturated carbocycles. The van der Waals surface area contributed by atoms with E-state index in [4.69, 9.17) is 0 Å². The number of rotatable bonds is 1. The maximum atomic E-state index is 12.8. The molecule has 0 spiro atoms. The molecule has 1 unspecified atom stereocenters. The molecule has 0 aromatic heterocycles. The second kappa shape index (κ2) is 3.68. The first-order valence-electron chi connectivity index (χ1n) is 3.65. The van der Waals surface area contributed by atoms with Crippen LogP contribution in [0.4, 0.5) is 8.78 Å². The van der Waals surface area contributed by atoms with Crippen molar-refractivity contribution in [2.75, 3.05) is 6.54 Å². The summed E-state index contributed by atoms with van der Waals surface area (Å²) in [5.41, 5.74) is 0. The van der Waals surface area contributed by atoms with Gasteiger partial charge in [0.2, 0.25) is 0 Å². The van der Waals surface area contributed by atoms with Crippen molar-refractivity contribution < 1.29 is 8.78 Å². The third-order valence-electron chi connectivity index (χ3n) is 1.94. The van der Waals surface area contributed by atoms with Gasteiger partial charge in [0.05, 0.1) is 6.04 Å². The average Bonchev–Trinajstić information content (AvgIpc) is 2.08. The van der Waals surface area contributed by atoms with Crippen LogP contribution in [0.5, 0.6) is 0 Å². The van der Waals surface area contributed by atoms with Gasteiger partial charge >= 0.3 is 0 Å². The van der Waals surface area contributed by atoms with Gasteiger partial charge < -0.3 is 5.32 Å². The standard InChI is InChI=1S/C7H13F2N.ClH/c1-5(2)6-7(8,9)3-4-10-6;/h5-6,10H,3-4H2,1-2H3;1H. The van der Waals surface area contributed by atoms with Crippen molar-refractivity contribution in [3.63, 3.8) is 0 Å². The summed E-state index contributed by atoms with van der Waals surface area (Å²) in [5.74, 6) is -2.45. The Balaban J connectivity index is 0.000001000. The third-order valence-corrected chi connectivity index (χ3v) is 1.94. The van der Waals surface area contributed by atoms with Crippen molar-refractivity contribution in [3.05, 3.63) is 0 Å². The van der Waals surface area contributed by atoms with Crippen LogP contribution in [0.15, 0.2) is 0 Å². The summed E-state index contributed by atoms with van der Waals surface area (Å²) in [7, 11) is 0. The molecule has 0 aromatic carbocycles. The van der Waals surface area contributed by atoms with Crippen molar-refractivity contribution in [2.45, 2.75) is 32.2 Å². The lowest BCUT2D eigenvalue weighted by Crippen LogP contribution is -2.39. The molecule has 1 saturated heterocycles. The third kappa shape index (κ3) is 2.27. The van der Waals surface area contributed by atoms with Crippen LogP contribution in [0.2, 0.25) is 0 Å². The summed E-state index contributed by atoms with van der Waals surface area (Å²) < 4.78 is 25.6. The van der Waals surface area contributed by atoms with E-state index in [0.29, 0.717) is 6.54 Å². The Labute approximate surface area is 72.0 Å². The van der Waals surface area contributed by atoms with Gasteiger partial charge in [0.1, 0.15) is 0 Å². The number of alkyl halides is 2. The molecule has 0 aromatic rings. The van der Waals surface area contributed by atoms with Gasteiger partial charge in [-0.3, -0.25) is 0 Å². The first kappa shape index (κ1) is 11.1. The van der Waals surface area contributed by atoms with E-state index in [1.165, 1.54) is 0 Å². The van der Waals surface area contributed by atoms with Crippen LogP contribution in [-0.4, -0.2) is 18.5 Å². The molecule has 0 amide bonds. The van der Waals surface area contributed by atoms with Gasteiger partial charge in [-0.2, -0.15) is 0 Å². The van der Waals surface area contributed by atoms with E-state index in [0.717, 1.165) is 0 Å². The summed E-state index contributed by atoms with van der Waals surface area (Å²) in [5, 5.41) is 2.80. The molecular weight excluding hydrogens is 172 g/mol. The number of nitrogens with one attached hydrogen (secondary N) is 1. The molecule has 0 aliphatic carbocycles. The highest BCUT2D eigenvalue weighted by atomic mass is 35.5. The Bertz CT molecular complexity index is 128. The average molecular weight is 186 g/mol. The lowest BCUT2D eigenvalue weighted by Gasteiger charge is -2.21. The predicted octanol–water partition coefficient (Wildman–Crippen LogP) is 2.06. The van der Waals surface area contributed by atoms with Crippen molar-refractivity contribution >= 4 is 12.4 Å². The summed E-state index contributed by atoms with van der Waals surface area (Å²) in [6.45, 7) is 4.09. The van der Waals surface area contributed by atoms with Crippen molar-refractivity contribution in [3.8, 4) is 0 Å². The Kier molecular flexibility index (Phi) is 3.71. The van der Waals surface area contributed by atoms with E-state index in [-0.39, 0.29) is 24.7 Å². The van der Waals surface area contributed by atoms with Gasteiger partial charge in [-0.25, -0.2) is 8.78 Å². The van der Waals surface area contributed by atoms with Gasteiger partial charge in [-0.05, 0) is 5.92 Å². The molecule has 1 heterocycles. The zero-order chi connectivity index (χ0) is 7.78. The summed E-state index contributed by atoms with van der Waals surface area (Å²) in [6, 6.07) is -0.604. The minimum atomic E-state index is -2.48. The topological polar surface area (TPSA) is 12.0 Å². The molecule has 1 rings (SSSR count). The van der Waals surface area contributed by atoms with E-state index >= 15 is 0 Å². The molecule has 1 aliphatic heterocycles. The molecule has 1 nitrogen and oxygen atoms in total. The van der Waals surface area contributed by atoms with Gasteiger partial charge in [-0.1, -0.05) is 13.8 Å². The lowest BCUT2D eigenvalue weighted by atomic mass is 10.00. The van der Waals surface area contributed by atoms with Crippen LogP contribution in [0.25, 0.3) is 0 Å². The van der Waals surface area contributed by atoms with Gasteiger partial charge in [0.15, 0.2) is 0 Å². The molecule has 1 N–H and O–H groups in total. The van der Waals surface area contributed by atoms with Gasteiger partial charge in [-0.15, -0.1) is 12.4 Å². The fourth-order valence-electron chi connectivity index (χ4n) is 1.42. The Morgan fingerprint density at radius 2 is 2.00 bits per heavy atom. The minimum Gasteiger partial charge on any atom is -0.308 e. The van der Waals surface area contributed by atoms with Crippen LogP contribution < -0.4 is 5.32 Å². The SMILES string of the molecule is CC(C)C1NCCC1(F)F.Cl. The fourth-order valence-corrected chi connectivity index (χ4v) is 1.42. The molecule has 0 radical (unpaired) electrons. The molecule has 68 valence electrons. The van der Waals surface area contributed by atoms with Crippen molar-refractivity contribution in [1.29, 1.82) is 0 Å². The Hall–Kier alpha value is 0.110. The quantitative estimate of drug-likeness (QED) is 0.660. The van der Waals surface area contributed by atoms with Crippen LogP contribution in [-0.2, 0) is 0 Å². The van der Waals surface area contributed by atoms with E-state index in [9.17, 15) is 8.78 Å². The molecule has 4 heteroatoms. The smallest absolute Gasteiger partial charge is 0.264 e. The molecule has 1 atom stereocenters. The molecule has 1 fully saturated rings. The monoisotopic (exact) mass is 185 g/mol. The molecule has 0 bridgehead atoms. The molecule has 1 aliphatic rings. The summed E-state index contributed by atoms with van der Waals surface area (Å²) >= 11 is 0. The van der Waals surface area contributed by atoms with E-state index in [2.05, 4.69) is 5.32 Å². The maximum absolute atomic E-state index is 12.8. The van der Waals surface area contributed by atoms with Crippen LogP contribution >= 0.6 is 12.4 Å². The maximum Gasteiger partial charge on any atom is 0.264 e. The molecular formula is C7H14ClF2N. The van der Waals surface area contributed by atoms with Crippen LogP contribution in [0.1, 0.15) is 20.3 Å². The van der Waals surface area contributed by atoms with E-state index < -0.39 is 12.0 Å². The van der Waals surface area contributed by atoms with Gasteiger partial charge in [0.25, 0.3) is 5.92 Å². The molecule has 11 heavy (non-hydrogen) atoms. The van der Waals surface area contributed by atoms with Crippen molar-refractivity contribution in [2.24, 2.45) is 5.92 Å². The zero-order valence-corrected chi connectivity index (χ0v) is 7.55. The second-order valence-electron chi connectivity index (χ2n) is 3.19. The first-order chi connectivity index (χ1) is 4.54. The van der Waals surface area contributed by atoms with Crippen LogP contribution in [0.3, 0.4) is 0 Å².